The number of hydrogen-bond acceptors (Lipinski definition) is 3. The molecule has 180 valence electrons. The van der Waals surface area contributed by atoms with Crippen LogP contribution >= 0.6 is 0 Å². The third kappa shape index (κ3) is 4.20. The molecule has 0 amide bonds. The van der Waals surface area contributed by atoms with Gasteiger partial charge in [-0.3, -0.25) is 0 Å². The van der Waals surface area contributed by atoms with Gasteiger partial charge in [-0.15, -0.1) is 0 Å². The van der Waals surface area contributed by atoms with Gasteiger partial charge in [0.2, 0.25) is 0 Å². The van der Waals surface area contributed by atoms with E-state index >= 15 is 0 Å². The molecule has 0 bridgehead atoms. The molecule has 31 heavy (non-hydrogen) atoms. The Labute approximate surface area is 158 Å². The molecule has 0 radical (unpaired) electrons. The molecular weight excluding hydrogens is 494 g/mol. The molecular formula is C12H3F16NO2. The van der Waals surface area contributed by atoms with Crippen molar-refractivity contribution in [2.24, 2.45) is 0 Å². The van der Waals surface area contributed by atoms with Gasteiger partial charge >= 0.3 is 47.9 Å². The van der Waals surface area contributed by atoms with E-state index in [-0.39, 0.29) is 0 Å². The summed E-state index contributed by atoms with van der Waals surface area (Å²) >= 11 is 0. The van der Waals surface area contributed by atoms with Crippen molar-refractivity contribution in [3.63, 3.8) is 0 Å². The summed E-state index contributed by atoms with van der Waals surface area (Å²) in [4.78, 5) is 10.7. The number of halogens is 16. The van der Waals surface area contributed by atoms with Crippen molar-refractivity contribution in [3.05, 3.63) is 12.2 Å². The third-order valence-corrected chi connectivity index (χ3v) is 3.18. The molecule has 0 saturated carbocycles. The molecule has 0 aromatic heterocycles. The first-order valence-electron chi connectivity index (χ1n) is 6.57. The molecule has 1 unspecified atom stereocenters. The fourth-order valence-corrected chi connectivity index (χ4v) is 1.44. The molecule has 0 aliphatic carbocycles. The Bertz CT molecular complexity index is 762. The zero-order valence-electron chi connectivity index (χ0n) is 13.6. The summed E-state index contributed by atoms with van der Waals surface area (Å²) in [5, 5.41) is 8.05. The zero-order chi connectivity index (χ0) is 25.6. The van der Waals surface area contributed by atoms with Crippen LogP contribution in [0.4, 0.5) is 70.2 Å². The normalized spacial score (nSPS) is 15.8. The van der Waals surface area contributed by atoms with Crippen LogP contribution in [0, 0.1) is 11.3 Å². The second-order valence-corrected chi connectivity index (χ2v) is 5.32. The predicted molar refractivity (Wildman–Crippen MR) is 61.5 cm³/mol. The zero-order valence-corrected chi connectivity index (χ0v) is 13.6. The van der Waals surface area contributed by atoms with Crippen LogP contribution in [-0.2, 0) is 9.53 Å². The maximum absolute atomic E-state index is 13.3. The topological polar surface area (TPSA) is 50.1 Å². The molecule has 0 N–H and O–H groups in total. The molecule has 0 spiro atoms. The van der Waals surface area contributed by atoms with Crippen molar-refractivity contribution >= 4 is 5.97 Å². The van der Waals surface area contributed by atoms with Crippen LogP contribution < -0.4 is 0 Å². The minimum absolute atomic E-state index is 0.528. The molecule has 0 fully saturated rings. The van der Waals surface area contributed by atoms with Crippen molar-refractivity contribution in [1.82, 2.24) is 0 Å². The Balaban J connectivity index is 6.53. The van der Waals surface area contributed by atoms with Gasteiger partial charge in [0.25, 0.3) is 6.17 Å². The van der Waals surface area contributed by atoms with Crippen molar-refractivity contribution in [1.29, 1.82) is 5.26 Å². The smallest absolute Gasteiger partial charge is 0.392 e. The Morgan fingerprint density at radius 3 is 1.42 bits per heavy atom. The predicted octanol–water partition coefficient (Wildman–Crippen LogP) is 5.28. The highest BCUT2D eigenvalue weighted by molar-refractivity contribution is 5.92. The van der Waals surface area contributed by atoms with Crippen LogP contribution in [0.25, 0.3) is 0 Å². The fourth-order valence-electron chi connectivity index (χ4n) is 1.44. The molecule has 1 atom stereocenters. The van der Waals surface area contributed by atoms with Crippen LogP contribution in [0.2, 0.25) is 0 Å². The molecule has 0 aliphatic heterocycles. The number of carbonyl (C=O) groups excluding carboxylic acids is 1. The van der Waals surface area contributed by atoms with Crippen LogP contribution in [-0.4, -0.2) is 54.0 Å². The number of nitrogens with zero attached hydrogens (tertiary/aromatic N) is 1. The van der Waals surface area contributed by atoms with Crippen LogP contribution in [0.1, 0.15) is 0 Å². The quantitative estimate of drug-likeness (QED) is 0.199. The van der Waals surface area contributed by atoms with Crippen molar-refractivity contribution < 1.29 is 79.8 Å². The van der Waals surface area contributed by atoms with E-state index in [1.807, 2.05) is 0 Å². The lowest BCUT2D eigenvalue weighted by atomic mass is 9.91. The van der Waals surface area contributed by atoms with Gasteiger partial charge in [0.1, 0.15) is 11.6 Å². The Morgan fingerprint density at radius 2 is 1.10 bits per heavy atom. The average molecular weight is 497 g/mol. The molecule has 0 rings (SSSR count). The summed E-state index contributed by atoms with van der Waals surface area (Å²) in [6.07, 6.45) is -20.7. The number of ether oxygens (including phenoxy) is 1. The van der Waals surface area contributed by atoms with E-state index in [4.69, 9.17) is 5.26 Å². The number of alkyl halides is 16. The Hall–Kier alpha value is -2.42. The average Bonchev–Trinajstić information content (AvgIpc) is 2.57. The van der Waals surface area contributed by atoms with E-state index in [9.17, 15) is 75.0 Å². The minimum Gasteiger partial charge on any atom is -0.392 e. The number of esters is 1. The lowest BCUT2D eigenvalue weighted by molar-refractivity contribution is -0.457. The summed E-state index contributed by atoms with van der Waals surface area (Å²) in [6, 6.07) is 0.528. The SMILES string of the molecule is C=C(C#N)C(=O)OC(F)(F)C(F)(F)C(F)(F)C(F)(F)C(F)(F)C(F)(F)C(F)C(F)(F)F. The highest BCUT2D eigenvalue weighted by atomic mass is 19.4. The van der Waals surface area contributed by atoms with E-state index in [2.05, 4.69) is 11.3 Å². The lowest BCUT2D eigenvalue weighted by Gasteiger charge is -2.41. The molecule has 3 nitrogen and oxygen atoms in total. The third-order valence-electron chi connectivity index (χ3n) is 3.18. The maximum Gasteiger partial charge on any atom is 0.473 e. The van der Waals surface area contributed by atoms with Gasteiger partial charge in [0, 0.05) is 0 Å². The largest absolute Gasteiger partial charge is 0.473 e. The standard InChI is InChI=1S/C12H3F16NO2/c1-3(2-29)4(30)31-12(27,28)11(25,26)10(23,24)9(21,22)8(19,20)6(14,15)5(13)7(16,17)18/h5H,1H2. The number of carbonyl (C=O) groups is 1. The van der Waals surface area contributed by atoms with E-state index in [0.29, 0.717) is 6.07 Å². The first-order valence-corrected chi connectivity index (χ1v) is 6.57. The number of nitriles is 1. The minimum atomic E-state index is -8.52. The van der Waals surface area contributed by atoms with Gasteiger partial charge in [-0.25, -0.2) is 9.18 Å². The second-order valence-electron chi connectivity index (χ2n) is 5.32. The number of hydrogen-bond donors (Lipinski definition) is 0. The molecule has 19 heteroatoms. The van der Waals surface area contributed by atoms with Gasteiger partial charge in [-0.05, 0) is 0 Å². The van der Waals surface area contributed by atoms with E-state index in [0.717, 1.165) is 0 Å². The summed E-state index contributed by atoms with van der Waals surface area (Å²) in [7, 11) is 0. The highest BCUT2D eigenvalue weighted by Crippen LogP contribution is 2.61. The fraction of sp³-hybridized carbons (Fsp3) is 0.667. The molecule has 0 aromatic rings. The monoisotopic (exact) mass is 497 g/mol. The van der Waals surface area contributed by atoms with Crippen molar-refractivity contribution in [2.45, 2.75) is 48.1 Å². The first-order chi connectivity index (χ1) is 13.3. The second kappa shape index (κ2) is 7.62. The maximum atomic E-state index is 13.3. The van der Waals surface area contributed by atoms with Crippen LogP contribution in [0.5, 0.6) is 0 Å². The summed E-state index contributed by atoms with van der Waals surface area (Å²) in [5.74, 6) is -44.3. The summed E-state index contributed by atoms with van der Waals surface area (Å²) in [6.45, 7) is 2.25. The van der Waals surface area contributed by atoms with Gasteiger partial charge in [-0.2, -0.15) is 71.1 Å². The van der Waals surface area contributed by atoms with Crippen molar-refractivity contribution in [2.75, 3.05) is 0 Å². The molecule has 0 saturated heterocycles. The lowest BCUT2D eigenvalue weighted by Crippen LogP contribution is -2.73. The molecule has 0 aliphatic rings. The van der Waals surface area contributed by atoms with E-state index in [1.165, 1.54) is 0 Å². The van der Waals surface area contributed by atoms with E-state index < -0.39 is 59.6 Å². The molecule has 0 heterocycles. The van der Waals surface area contributed by atoms with Gasteiger partial charge in [0.05, 0.1) is 0 Å². The number of rotatable bonds is 8. The first kappa shape index (κ1) is 28.6. The summed E-state index contributed by atoms with van der Waals surface area (Å²) in [5.41, 5.74) is -1.85. The van der Waals surface area contributed by atoms with Gasteiger partial charge in [0.15, 0.2) is 0 Å². The van der Waals surface area contributed by atoms with E-state index in [1.54, 1.807) is 0 Å². The van der Waals surface area contributed by atoms with Crippen LogP contribution in [0.3, 0.4) is 0 Å². The van der Waals surface area contributed by atoms with Crippen molar-refractivity contribution in [3.8, 4) is 6.07 Å². The van der Waals surface area contributed by atoms with Gasteiger partial charge < -0.3 is 4.74 Å². The Kier molecular flexibility index (Phi) is 7.02. The summed E-state index contributed by atoms with van der Waals surface area (Å²) < 4.78 is 209. The highest BCUT2D eigenvalue weighted by Gasteiger charge is 2.92. The van der Waals surface area contributed by atoms with Crippen LogP contribution in [0.15, 0.2) is 12.2 Å². The van der Waals surface area contributed by atoms with Gasteiger partial charge in [-0.1, -0.05) is 6.58 Å². The Morgan fingerprint density at radius 1 is 0.742 bits per heavy atom. The molecule has 0 aromatic carbocycles.